The van der Waals surface area contributed by atoms with E-state index in [0.717, 1.165) is 18.7 Å². The van der Waals surface area contributed by atoms with Crippen molar-refractivity contribution < 1.29 is 13.9 Å². The number of morpholine rings is 1. The fraction of sp³-hybridized carbons (Fsp3) is 0.588. The highest BCUT2D eigenvalue weighted by molar-refractivity contribution is 5.81. The van der Waals surface area contributed by atoms with E-state index in [4.69, 9.17) is 4.74 Å². The second-order valence-corrected chi connectivity index (χ2v) is 6.05. The third-order valence-electron chi connectivity index (χ3n) is 4.00. The lowest BCUT2D eigenvalue weighted by molar-refractivity contribution is -0.131. The Labute approximate surface area is 131 Å². The summed E-state index contributed by atoms with van der Waals surface area (Å²) >= 11 is 0. The minimum atomic E-state index is -0.239. The summed E-state index contributed by atoms with van der Waals surface area (Å²) in [6.45, 7) is 8.10. The highest BCUT2D eigenvalue weighted by atomic mass is 19.1. The van der Waals surface area contributed by atoms with Crippen molar-refractivity contribution in [2.75, 3.05) is 19.6 Å². The Hall–Kier alpha value is -1.46. The average Bonchev–Trinajstić information content (AvgIpc) is 2.47. The monoisotopic (exact) mass is 308 g/mol. The van der Waals surface area contributed by atoms with Crippen LogP contribution in [0.25, 0.3) is 0 Å². The molecule has 3 atom stereocenters. The van der Waals surface area contributed by atoms with Gasteiger partial charge in [0.1, 0.15) is 5.82 Å². The van der Waals surface area contributed by atoms with Gasteiger partial charge in [-0.25, -0.2) is 4.39 Å². The van der Waals surface area contributed by atoms with Crippen LogP contribution in [0.1, 0.15) is 26.3 Å². The molecule has 5 heteroatoms. The third kappa shape index (κ3) is 4.78. The summed E-state index contributed by atoms with van der Waals surface area (Å²) in [5.74, 6) is -0.208. The molecule has 0 aliphatic carbocycles. The van der Waals surface area contributed by atoms with Gasteiger partial charge in [-0.2, -0.15) is 0 Å². The summed E-state index contributed by atoms with van der Waals surface area (Å²) in [6.07, 6.45) is 1.01. The van der Waals surface area contributed by atoms with Crippen LogP contribution in [-0.2, 0) is 16.0 Å². The lowest BCUT2D eigenvalue weighted by Gasteiger charge is -2.38. The number of ether oxygens (including phenoxy) is 1. The van der Waals surface area contributed by atoms with Crippen molar-refractivity contribution in [2.24, 2.45) is 0 Å². The van der Waals surface area contributed by atoms with Gasteiger partial charge in [0.15, 0.2) is 0 Å². The largest absolute Gasteiger partial charge is 0.373 e. The van der Waals surface area contributed by atoms with Crippen LogP contribution in [0.15, 0.2) is 24.3 Å². The second-order valence-electron chi connectivity index (χ2n) is 6.05. The molecule has 22 heavy (non-hydrogen) atoms. The van der Waals surface area contributed by atoms with E-state index in [1.165, 1.54) is 12.1 Å². The third-order valence-corrected chi connectivity index (χ3v) is 4.00. The Balaban J connectivity index is 1.77. The highest BCUT2D eigenvalue weighted by Crippen LogP contribution is 2.13. The number of benzene rings is 1. The Bertz CT molecular complexity index is 482. The minimum Gasteiger partial charge on any atom is -0.373 e. The minimum absolute atomic E-state index is 0.0309. The Morgan fingerprint density at radius 3 is 2.50 bits per heavy atom. The number of halogens is 1. The van der Waals surface area contributed by atoms with Gasteiger partial charge >= 0.3 is 0 Å². The van der Waals surface area contributed by atoms with E-state index in [1.54, 1.807) is 12.1 Å². The van der Waals surface area contributed by atoms with Crippen molar-refractivity contribution in [1.29, 1.82) is 0 Å². The van der Waals surface area contributed by atoms with Crippen LogP contribution in [0, 0.1) is 5.82 Å². The van der Waals surface area contributed by atoms with Gasteiger partial charge in [-0.15, -0.1) is 0 Å². The predicted octanol–water partition coefficient (Wildman–Crippen LogP) is 1.98. The van der Waals surface area contributed by atoms with Gasteiger partial charge in [-0.1, -0.05) is 12.1 Å². The molecule has 122 valence electrons. The summed E-state index contributed by atoms with van der Waals surface area (Å²) in [5.41, 5.74) is 1.02. The maximum Gasteiger partial charge on any atom is 0.237 e. The van der Waals surface area contributed by atoms with Crippen LogP contribution in [0.5, 0.6) is 0 Å². The first-order valence-electron chi connectivity index (χ1n) is 7.87. The fourth-order valence-electron chi connectivity index (χ4n) is 2.83. The molecule has 1 saturated heterocycles. The van der Waals surface area contributed by atoms with E-state index in [1.807, 2.05) is 20.8 Å². The van der Waals surface area contributed by atoms with Crippen LogP contribution in [-0.4, -0.2) is 48.7 Å². The van der Waals surface area contributed by atoms with Gasteiger partial charge in [0, 0.05) is 19.6 Å². The lowest BCUT2D eigenvalue weighted by Crippen LogP contribution is -2.54. The molecule has 1 aliphatic heterocycles. The predicted molar refractivity (Wildman–Crippen MR) is 84.2 cm³/mol. The van der Waals surface area contributed by atoms with Gasteiger partial charge in [-0.05, 0) is 44.9 Å². The molecule has 0 saturated carbocycles. The van der Waals surface area contributed by atoms with Crippen molar-refractivity contribution in [2.45, 2.75) is 45.4 Å². The van der Waals surface area contributed by atoms with E-state index in [-0.39, 0.29) is 30.0 Å². The molecule has 0 aromatic heterocycles. The molecule has 2 rings (SSSR count). The smallest absolute Gasteiger partial charge is 0.237 e. The SMILES string of the molecule is C[C@@H]1CN([C@H](C)C(=O)NCCc2ccc(F)cc2)C[C@@H](C)O1. The zero-order chi connectivity index (χ0) is 16.1. The van der Waals surface area contributed by atoms with Crippen LogP contribution < -0.4 is 5.32 Å². The average molecular weight is 308 g/mol. The summed E-state index contributed by atoms with van der Waals surface area (Å²) in [7, 11) is 0. The van der Waals surface area contributed by atoms with E-state index in [2.05, 4.69) is 10.2 Å². The number of amides is 1. The summed E-state index contributed by atoms with van der Waals surface area (Å²) in [4.78, 5) is 14.4. The second kappa shape index (κ2) is 7.70. The molecule has 0 spiro atoms. The molecular weight excluding hydrogens is 283 g/mol. The zero-order valence-corrected chi connectivity index (χ0v) is 13.5. The molecule has 0 unspecified atom stereocenters. The maximum absolute atomic E-state index is 12.8. The zero-order valence-electron chi connectivity index (χ0n) is 13.5. The highest BCUT2D eigenvalue weighted by Gasteiger charge is 2.28. The molecule has 1 fully saturated rings. The van der Waals surface area contributed by atoms with Crippen LogP contribution in [0.3, 0.4) is 0 Å². The molecule has 1 aliphatic rings. The number of nitrogens with one attached hydrogen (secondary N) is 1. The van der Waals surface area contributed by atoms with Crippen LogP contribution in [0.2, 0.25) is 0 Å². The number of carbonyl (C=O) groups is 1. The first-order valence-corrected chi connectivity index (χ1v) is 7.87. The van der Waals surface area contributed by atoms with E-state index >= 15 is 0 Å². The first kappa shape index (κ1) is 16.9. The number of hydrogen-bond acceptors (Lipinski definition) is 3. The molecule has 0 radical (unpaired) electrons. The van der Waals surface area contributed by atoms with Gasteiger partial charge in [0.25, 0.3) is 0 Å². The fourth-order valence-corrected chi connectivity index (χ4v) is 2.83. The first-order chi connectivity index (χ1) is 10.5. The molecule has 1 amide bonds. The number of hydrogen-bond donors (Lipinski definition) is 1. The van der Waals surface area contributed by atoms with Gasteiger partial charge in [0.2, 0.25) is 5.91 Å². The van der Waals surface area contributed by atoms with Gasteiger partial charge in [0.05, 0.1) is 18.2 Å². The molecule has 0 bridgehead atoms. The lowest BCUT2D eigenvalue weighted by atomic mass is 10.1. The van der Waals surface area contributed by atoms with Crippen LogP contribution >= 0.6 is 0 Å². The Morgan fingerprint density at radius 1 is 1.32 bits per heavy atom. The topological polar surface area (TPSA) is 41.6 Å². The van der Waals surface area contributed by atoms with Crippen molar-refractivity contribution in [3.63, 3.8) is 0 Å². The molecule has 1 aromatic carbocycles. The van der Waals surface area contributed by atoms with Crippen molar-refractivity contribution >= 4 is 5.91 Å². The number of rotatable bonds is 5. The quantitative estimate of drug-likeness (QED) is 0.904. The number of nitrogens with zero attached hydrogens (tertiary/aromatic N) is 1. The molecule has 1 aromatic rings. The van der Waals surface area contributed by atoms with Crippen molar-refractivity contribution in [3.05, 3.63) is 35.6 Å². The van der Waals surface area contributed by atoms with E-state index in [9.17, 15) is 9.18 Å². The molecule has 1 heterocycles. The van der Waals surface area contributed by atoms with E-state index in [0.29, 0.717) is 13.0 Å². The Kier molecular flexibility index (Phi) is 5.91. The van der Waals surface area contributed by atoms with Crippen LogP contribution in [0.4, 0.5) is 4.39 Å². The standard InChI is InChI=1S/C17H25FN2O2/c1-12-10-20(11-13(2)22-12)14(3)17(21)19-9-8-15-4-6-16(18)7-5-15/h4-7,12-14H,8-11H2,1-3H3,(H,19,21)/t12-,13-,14-/m1/s1. The summed E-state index contributed by atoms with van der Waals surface area (Å²) < 4.78 is 18.5. The maximum atomic E-state index is 12.8. The number of carbonyl (C=O) groups excluding carboxylic acids is 1. The summed E-state index contributed by atoms with van der Waals surface area (Å²) in [5, 5.41) is 2.96. The van der Waals surface area contributed by atoms with Gasteiger partial charge < -0.3 is 10.1 Å². The Morgan fingerprint density at radius 2 is 1.91 bits per heavy atom. The molecule has 1 N–H and O–H groups in total. The van der Waals surface area contributed by atoms with Crippen molar-refractivity contribution in [1.82, 2.24) is 10.2 Å². The molecule has 4 nitrogen and oxygen atoms in total. The van der Waals surface area contributed by atoms with Gasteiger partial charge in [-0.3, -0.25) is 9.69 Å². The molecular formula is C17H25FN2O2. The normalized spacial score (nSPS) is 24.0. The van der Waals surface area contributed by atoms with E-state index < -0.39 is 0 Å². The van der Waals surface area contributed by atoms with Crippen molar-refractivity contribution in [3.8, 4) is 0 Å². The summed E-state index contributed by atoms with van der Waals surface area (Å²) in [6, 6.07) is 6.21.